The molecule has 2 aromatic rings. The summed E-state index contributed by atoms with van der Waals surface area (Å²) in [5.74, 6) is 0.0000700. The SMILES string of the molecule is CC(CN1CCNCC1)N1c2ccccc2C(=O)NC1c1ccccc1. The van der Waals surface area contributed by atoms with Crippen molar-refractivity contribution in [1.82, 2.24) is 15.5 Å². The molecule has 2 unspecified atom stereocenters. The van der Waals surface area contributed by atoms with Crippen LogP contribution in [0.25, 0.3) is 0 Å². The molecule has 0 aromatic heterocycles. The van der Waals surface area contributed by atoms with Gasteiger partial charge in [0.15, 0.2) is 0 Å². The second-order valence-electron chi connectivity index (χ2n) is 7.11. The van der Waals surface area contributed by atoms with Crippen molar-refractivity contribution in [3.63, 3.8) is 0 Å². The van der Waals surface area contributed by atoms with Gasteiger partial charge in [0.2, 0.25) is 0 Å². The van der Waals surface area contributed by atoms with Gasteiger partial charge >= 0.3 is 0 Å². The second-order valence-corrected chi connectivity index (χ2v) is 7.11. The van der Waals surface area contributed by atoms with E-state index in [0.29, 0.717) is 0 Å². The maximum absolute atomic E-state index is 12.7. The fourth-order valence-electron chi connectivity index (χ4n) is 4.03. The summed E-state index contributed by atoms with van der Waals surface area (Å²) in [6.45, 7) is 7.47. The summed E-state index contributed by atoms with van der Waals surface area (Å²) in [5, 5.41) is 6.62. The Morgan fingerprint density at radius 2 is 1.73 bits per heavy atom. The quantitative estimate of drug-likeness (QED) is 0.888. The first-order chi connectivity index (χ1) is 12.7. The van der Waals surface area contributed by atoms with E-state index < -0.39 is 0 Å². The summed E-state index contributed by atoms with van der Waals surface area (Å²) in [6, 6.07) is 18.4. The lowest BCUT2D eigenvalue weighted by molar-refractivity contribution is 0.0921. The minimum absolute atomic E-state index is 0.0000700. The fourth-order valence-corrected chi connectivity index (χ4v) is 4.03. The van der Waals surface area contributed by atoms with Crippen molar-refractivity contribution in [1.29, 1.82) is 0 Å². The highest BCUT2D eigenvalue weighted by Gasteiger charge is 2.34. The molecular formula is C21H26N4O. The van der Waals surface area contributed by atoms with Gasteiger partial charge in [-0.1, -0.05) is 42.5 Å². The van der Waals surface area contributed by atoms with Crippen LogP contribution < -0.4 is 15.5 Å². The molecule has 2 aliphatic rings. The van der Waals surface area contributed by atoms with Gasteiger partial charge in [-0.25, -0.2) is 0 Å². The number of amides is 1. The van der Waals surface area contributed by atoms with Crippen LogP contribution >= 0.6 is 0 Å². The third kappa shape index (κ3) is 3.32. The topological polar surface area (TPSA) is 47.6 Å². The summed E-state index contributed by atoms with van der Waals surface area (Å²) in [7, 11) is 0. The third-order valence-electron chi connectivity index (χ3n) is 5.30. The van der Waals surface area contributed by atoms with E-state index in [-0.39, 0.29) is 18.1 Å². The average Bonchev–Trinajstić information content (AvgIpc) is 2.69. The van der Waals surface area contributed by atoms with Crippen LogP contribution in [0.2, 0.25) is 0 Å². The molecule has 2 N–H and O–H groups in total. The van der Waals surface area contributed by atoms with Crippen LogP contribution in [-0.2, 0) is 0 Å². The number of carbonyl (C=O) groups is 1. The Bertz CT molecular complexity index is 758. The van der Waals surface area contributed by atoms with Crippen LogP contribution in [-0.4, -0.2) is 49.6 Å². The second kappa shape index (κ2) is 7.48. The molecule has 1 fully saturated rings. The van der Waals surface area contributed by atoms with Gasteiger partial charge in [-0.05, 0) is 24.6 Å². The highest BCUT2D eigenvalue weighted by molar-refractivity contribution is 6.02. The highest BCUT2D eigenvalue weighted by atomic mass is 16.2. The molecule has 0 radical (unpaired) electrons. The van der Waals surface area contributed by atoms with Crippen molar-refractivity contribution in [3.8, 4) is 0 Å². The van der Waals surface area contributed by atoms with Crippen molar-refractivity contribution >= 4 is 11.6 Å². The van der Waals surface area contributed by atoms with E-state index in [2.05, 4.69) is 45.6 Å². The van der Waals surface area contributed by atoms with Crippen LogP contribution in [0.3, 0.4) is 0 Å². The molecule has 0 aliphatic carbocycles. The standard InChI is InChI=1S/C21H26N4O/c1-16(15-24-13-11-22-12-14-24)25-19-10-6-5-9-18(19)21(26)23-20(25)17-7-3-2-4-8-17/h2-10,16,20,22H,11-15H2,1H3,(H,23,26). The molecule has 1 amide bonds. The predicted molar refractivity (Wildman–Crippen MR) is 104 cm³/mol. The monoisotopic (exact) mass is 350 g/mol. The highest BCUT2D eigenvalue weighted by Crippen LogP contribution is 2.34. The number of para-hydroxylation sites is 1. The lowest BCUT2D eigenvalue weighted by Gasteiger charge is -2.44. The van der Waals surface area contributed by atoms with Gasteiger partial charge in [0, 0.05) is 38.8 Å². The molecule has 0 saturated carbocycles. The van der Waals surface area contributed by atoms with E-state index in [9.17, 15) is 4.79 Å². The molecule has 2 aliphatic heterocycles. The van der Waals surface area contributed by atoms with Crippen molar-refractivity contribution in [2.45, 2.75) is 19.1 Å². The number of anilines is 1. The van der Waals surface area contributed by atoms with Gasteiger partial charge in [-0.2, -0.15) is 0 Å². The van der Waals surface area contributed by atoms with Crippen molar-refractivity contribution < 1.29 is 4.79 Å². The molecule has 2 aromatic carbocycles. The van der Waals surface area contributed by atoms with Crippen molar-refractivity contribution in [2.24, 2.45) is 0 Å². The third-order valence-corrected chi connectivity index (χ3v) is 5.30. The van der Waals surface area contributed by atoms with Gasteiger partial charge in [0.05, 0.1) is 11.3 Å². The van der Waals surface area contributed by atoms with E-state index in [1.165, 1.54) is 0 Å². The Kier molecular flexibility index (Phi) is 4.91. The number of hydrogen-bond donors (Lipinski definition) is 2. The average molecular weight is 350 g/mol. The Morgan fingerprint density at radius 1 is 1.04 bits per heavy atom. The number of nitrogens with one attached hydrogen (secondary N) is 2. The Balaban J connectivity index is 1.68. The molecule has 5 nitrogen and oxygen atoms in total. The van der Waals surface area contributed by atoms with Crippen LogP contribution in [0.1, 0.15) is 29.0 Å². The van der Waals surface area contributed by atoms with E-state index >= 15 is 0 Å². The zero-order valence-corrected chi connectivity index (χ0v) is 15.2. The Labute approximate surface area is 155 Å². The van der Waals surface area contributed by atoms with Crippen LogP contribution in [0, 0.1) is 0 Å². The summed E-state index contributed by atoms with van der Waals surface area (Å²) < 4.78 is 0. The number of piperazine rings is 1. The minimum atomic E-state index is -0.142. The van der Waals surface area contributed by atoms with E-state index in [4.69, 9.17) is 0 Å². The van der Waals surface area contributed by atoms with Gasteiger partial charge < -0.3 is 15.5 Å². The summed E-state index contributed by atoms with van der Waals surface area (Å²) in [4.78, 5) is 17.5. The number of benzene rings is 2. The molecule has 2 heterocycles. The molecule has 1 saturated heterocycles. The maximum atomic E-state index is 12.7. The molecule has 0 spiro atoms. The smallest absolute Gasteiger partial charge is 0.255 e. The maximum Gasteiger partial charge on any atom is 0.255 e. The molecular weight excluding hydrogens is 324 g/mol. The summed E-state index contributed by atoms with van der Waals surface area (Å²) in [5.41, 5.74) is 2.89. The number of rotatable bonds is 4. The molecule has 4 rings (SSSR count). The summed E-state index contributed by atoms with van der Waals surface area (Å²) >= 11 is 0. The first kappa shape index (κ1) is 17.1. The van der Waals surface area contributed by atoms with Crippen molar-refractivity contribution in [3.05, 3.63) is 65.7 Å². The molecule has 5 heteroatoms. The first-order valence-electron chi connectivity index (χ1n) is 9.40. The van der Waals surface area contributed by atoms with Gasteiger partial charge in [-0.15, -0.1) is 0 Å². The number of nitrogens with zero attached hydrogens (tertiary/aromatic N) is 2. The molecule has 2 atom stereocenters. The summed E-state index contributed by atoms with van der Waals surface area (Å²) in [6.07, 6.45) is -0.142. The predicted octanol–water partition coefficient (Wildman–Crippen LogP) is 2.23. The van der Waals surface area contributed by atoms with Gasteiger partial charge in [-0.3, -0.25) is 9.69 Å². The van der Waals surface area contributed by atoms with E-state index in [1.807, 2.05) is 36.4 Å². The molecule has 136 valence electrons. The van der Waals surface area contributed by atoms with Crippen molar-refractivity contribution in [2.75, 3.05) is 37.6 Å². The van der Waals surface area contributed by atoms with Crippen LogP contribution in [0.5, 0.6) is 0 Å². The lowest BCUT2D eigenvalue weighted by atomic mass is 10.0. The largest absolute Gasteiger partial charge is 0.343 e. The van der Waals surface area contributed by atoms with Gasteiger partial charge in [0.1, 0.15) is 6.17 Å². The van der Waals surface area contributed by atoms with E-state index in [1.54, 1.807) is 0 Å². The van der Waals surface area contributed by atoms with Crippen LogP contribution in [0.4, 0.5) is 5.69 Å². The zero-order chi connectivity index (χ0) is 17.9. The molecule has 26 heavy (non-hydrogen) atoms. The number of hydrogen-bond acceptors (Lipinski definition) is 4. The lowest BCUT2D eigenvalue weighted by Crippen LogP contribution is -2.55. The number of carbonyl (C=O) groups excluding carboxylic acids is 1. The Hall–Kier alpha value is -2.37. The zero-order valence-electron chi connectivity index (χ0n) is 15.2. The minimum Gasteiger partial charge on any atom is -0.343 e. The normalized spacial score (nSPS) is 21.8. The fraction of sp³-hybridized carbons (Fsp3) is 0.381. The van der Waals surface area contributed by atoms with Gasteiger partial charge in [0.25, 0.3) is 5.91 Å². The molecule has 0 bridgehead atoms. The Morgan fingerprint density at radius 3 is 2.50 bits per heavy atom. The number of fused-ring (bicyclic) bond motifs is 1. The van der Waals surface area contributed by atoms with Crippen LogP contribution in [0.15, 0.2) is 54.6 Å². The van der Waals surface area contributed by atoms with E-state index in [0.717, 1.165) is 49.5 Å². The first-order valence-corrected chi connectivity index (χ1v) is 9.40.